The lowest BCUT2D eigenvalue weighted by Crippen LogP contribution is -2.13. The molecule has 2 heterocycles. The largest absolute Gasteiger partial charge is 0.465 e. The number of ether oxygens (including phenoxy) is 4. The molecule has 2 rings (SSSR count). The fraction of sp³-hybridized carbons (Fsp3) is 0.222. The Morgan fingerprint density at radius 3 is 1.82 bits per heavy atom. The second-order valence-electron chi connectivity index (χ2n) is 4.80. The monoisotopic (exact) mass is 390 g/mol. The Labute approximate surface area is 160 Å². The highest BCUT2D eigenvalue weighted by Crippen LogP contribution is 2.08. The molecular formula is C18H18N2O8. The molecule has 0 N–H and O–H groups in total. The van der Waals surface area contributed by atoms with E-state index in [4.69, 9.17) is 0 Å². The molecule has 28 heavy (non-hydrogen) atoms. The van der Waals surface area contributed by atoms with Gasteiger partial charge in [0.15, 0.2) is 5.69 Å². The summed E-state index contributed by atoms with van der Waals surface area (Å²) < 4.78 is 17.9. The Bertz CT molecular complexity index is 779. The summed E-state index contributed by atoms with van der Waals surface area (Å²) in [6.45, 7) is 0. The predicted molar refractivity (Wildman–Crippen MR) is 93.8 cm³/mol. The van der Waals surface area contributed by atoms with E-state index in [9.17, 15) is 19.2 Å². The van der Waals surface area contributed by atoms with Crippen LogP contribution < -0.4 is 0 Å². The number of rotatable bonds is 4. The fourth-order valence-electron chi connectivity index (χ4n) is 1.80. The van der Waals surface area contributed by atoms with Gasteiger partial charge in [0.05, 0.1) is 39.6 Å². The summed E-state index contributed by atoms with van der Waals surface area (Å²) in [6, 6.07) is 5.84. The van der Waals surface area contributed by atoms with Crippen molar-refractivity contribution in [3.8, 4) is 0 Å². The van der Waals surface area contributed by atoms with Gasteiger partial charge in [0.1, 0.15) is 5.69 Å². The maximum atomic E-state index is 11.2. The molecule has 0 aliphatic heterocycles. The van der Waals surface area contributed by atoms with Crippen LogP contribution in [0.1, 0.15) is 41.7 Å². The molecule has 0 bridgehead atoms. The van der Waals surface area contributed by atoms with Crippen molar-refractivity contribution >= 4 is 23.9 Å². The average Bonchev–Trinajstić information content (AvgIpc) is 2.77. The molecule has 0 aromatic carbocycles. The van der Waals surface area contributed by atoms with Crippen LogP contribution in [0.25, 0.3) is 0 Å². The molecule has 2 aromatic rings. The van der Waals surface area contributed by atoms with Gasteiger partial charge in [-0.25, -0.2) is 29.1 Å². The average molecular weight is 390 g/mol. The number of esters is 4. The first-order chi connectivity index (χ1) is 13.4. The van der Waals surface area contributed by atoms with Crippen molar-refractivity contribution in [3.63, 3.8) is 0 Å². The minimum Gasteiger partial charge on any atom is -0.465 e. The van der Waals surface area contributed by atoms with E-state index in [0.717, 1.165) is 0 Å². The molecule has 0 spiro atoms. The standard InChI is InChI=1S/2C9H9NO4/c1-13-8(11)6-3-4-7(10-5-6)9(12)14-2;1-13-8(11)6-4-3-5-10-7(6)9(12)14-2/h2*3-5H,1-2H3. The van der Waals surface area contributed by atoms with Crippen LogP contribution >= 0.6 is 0 Å². The van der Waals surface area contributed by atoms with Crippen molar-refractivity contribution < 1.29 is 38.1 Å². The van der Waals surface area contributed by atoms with E-state index in [1.165, 1.54) is 59.0 Å². The van der Waals surface area contributed by atoms with Gasteiger partial charge >= 0.3 is 23.9 Å². The SMILES string of the molecule is COC(=O)c1ccc(C(=O)OC)nc1.COC(=O)c1cccnc1C(=O)OC. The lowest BCUT2D eigenvalue weighted by atomic mass is 10.2. The number of nitrogens with zero attached hydrogens (tertiary/aromatic N) is 2. The Morgan fingerprint density at radius 1 is 0.714 bits per heavy atom. The molecule has 10 nitrogen and oxygen atoms in total. The molecular weight excluding hydrogens is 372 g/mol. The number of hydrogen-bond acceptors (Lipinski definition) is 10. The molecule has 0 amide bonds. The van der Waals surface area contributed by atoms with Crippen LogP contribution in [-0.2, 0) is 18.9 Å². The smallest absolute Gasteiger partial charge is 0.357 e. The number of aromatic nitrogens is 2. The summed E-state index contributed by atoms with van der Waals surface area (Å²) in [5.74, 6) is -2.31. The summed E-state index contributed by atoms with van der Waals surface area (Å²) in [4.78, 5) is 51.8. The van der Waals surface area contributed by atoms with E-state index in [1.54, 1.807) is 6.07 Å². The van der Waals surface area contributed by atoms with Gasteiger partial charge in [-0.2, -0.15) is 0 Å². The zero-order valence-electron chi connectivity index (χ0n) is 15.6. The van der Waals surface area contributed by atoms with Gasteiger partial charge in [-0.15, -0.1) is 0 Å². The Morgan fingerprint density at radius 2 is 1.32 bits per heavy atom. The van der Waals surface area contributed by atoms with Crippen molar-refractivity contribution in [1.82, 2.24) is 9.97 Å². The molecule has 0 aliphatic carbocycles. The highest BCUT2D eigenvalue weighted by molar-refractivity contribution is 6.01. The third-order valence-corrected chi connectivity index (χ3v) is 3.17. The summed E-state index contributed by atoms with van der Waals surface area (Å²) in [7, 11) is 4.99. The first-order valence-corrected chi connectivity index (χ1v) is 7.63. The number of carbonyl (C=O) groups excluding carboxylic acids is 4. The van der Waals surface area contributed by atoms with Gasteiger partial charge in [0.25, 0.3) is 0 Å². The maximum absolute atomic E-state index is 11.2. The topological polar surface area (TPSA) is 131 Å². The third-order valence-electron chi connectivity index (χ3n) is 3.17. The molecule has 148 valence electrons. The third kappa shape index (κ3) is 5.87. The zero-order chi connectivity index (χ0) is 21.1. The number of pyridine rings is 2. The van der Waals surface area contributed by atoms with Gasteiger partial charge in [-0.3, -0.25) is 0 Å². The molecule has 0 radical (unpaired) electrons. The summed E-state index contributed by atoms with van der Waals surface area (Å²) in [5, 5.41) is 0. The molecule has 0 unspecified atom stereocenters. The van der Waals surface area contributed by atoms with E-state index in [-0.39, 0.29) is 17.0 Å². The minimum atomic E-state index is -0.661. The summed E-state index contributed by atoms with van der Waals surface area (Å²) in [6.07, 6.45) is 2.66. The van der Waals surface area contributed by atoms with E-state index >= 15 is 0 Å². The van der Waals surface area contributed by atoms with Crippen LogP contribution in [0.5, 0.6) is 0 Å². The highest BCUT2D eigenvalue weighted by Gasteiger charge is 2.18. The molecule has 0 fully saturated rings. The highest BCUT2D eigenvalue weighted by atomic mass is 16.5. The van der Waals surface area contributed by atoms with Crippen LogP contribution in [0, 0.1) is 0 Å². The molecule has 0 aliphatic rings. The van der Waals surface area contributed by atoms with Crippen molar-refractivity contribution in [2.45, 2.75) is 0 Å². The van der Waals surface area contributed by atoms with Gasteiger partial charge in [0.2, 0.25) is 0 Å². The van der Waals surface area contributed by atoms with Crippen LogP contribution in [0.2, 0.25) is 0 Å². The molecule has 10 heteroatoms. The Hall–Kier alpha value is -3.82. The number of methoxy groups -OCH3 is 4. The fourth-order valence-corrected chi connectivity index (χ4v) is 1.80. The first kappa shape index (κ1) is 22.2. The maximum Gasteiger partial charge on any atom is 0.357 e. The van der Waals surface area contributed by atoms with E-state index in [2.05, 4.69) is 28.9 Å². The predicted octanol–water partition coefficient (Wildman–Crippen LogP) is 1.31. The second kappa shape index (κ2) is 11.0. The van der Waals surface area contributed by atoms with Gasteiger partial charge < -0.3 is 18.9 Å². The van der Waals surface area contributed by atoms with Crippen molar-refractivity contribution in [1.29, 1.82) is 0 Å². The van der Waals surface area contributed by atoms with Crippen molar-refractivity contribution in [2.24, 2.45) is 0 Å². The van der Waals surface area contributed by atoms with Crippen molar-refractivity contribution in [2.75, 3.05) is 28.4 Å². The van der Waals surface area contributed by atoms with Crippen LogP contribution in [0.3, 0.4) is 0 Å². The molecule has 2 aromatic heterocycles. The molecule has 0 saturated heterocycles. The van der Waals surface area contributed by atoms with Gasteiger partial charge in [-0.1, -0.05) is 0 Å². The first-order valence-electron chi connectivity index (χ1n) is 7.63. The number of hydrogen-bond donors (Lipinski definition) is 0. The van der Waals surface area contributed by atoms with E-state index in [1.807, 2.05) is 0 Å². The normalized spacial score (nSPS) is 9.29. The van der Waals surface area contributed by atoms with E-state index < -0.39 is 23.9 Å². The summed E-state index contributed by atoms with van der Waals surface area (Å²) in [5.41, 5.74) is 0.504. The van der Waals surface area contributed by atoms with Crippen LogP contribution in [-0.4, -0.2) is 62.3 Å². The lowest BCUT2D eigenvalue weighted by molar-refractivity contribution is 0.0550. The minimum absolute atomic E-state index is 0.0400. The summed E-state index contributed by atoms with van der Waals surface area (Å²) >= 11 is 0. The second-order valence-corrected chi connectivity index (χ2v) is 4.80. The lowest BCUT2D eigenvalue weighted by Gasteiger charge is -2.03. The van der Waals surface area contributed by atoms with Gasteiger partial charge in [-0.05, 0) is 24.3 Å². The van der Waals surface area contributed by atoms with Crippen molar-refractivity contribution in [3.05, 3.63) is 59.2 Å². The Kier molecular flexibility index (Phi) is 8.74. The Balaban J connectivity index is 0.000000280. The van der Waals surface area contributed by atoms with E-state index in [0.29, 0.717) is 5.56 Å². The quantitative estimate of drug-likeness (QED) is 0.556. The van der Waals surface area contributed by atoms with Crippen LogP contribution in [0.4, 0.5) is 0 Å². The number of carbonyl (C=O) groups is 4. The zero-order valence-corrected chi connectivity index (χ0v) is 15.6. The van der Waals surface area contributed by atoms with Crippen LogP contribution in [0.15, 0.2) is 36.7 Å². The molecule has 0 atom stereocenters. The molecule has 0 saturated carbocycles. The van der Waals surface area contributed by atoms with Gasteiger partial charge in [0, 0.05) is 12.4 Å².